The van der Waals surface area contributed by atoms with Gasteiger partial charge in [-0.1, -0.05) is 48.8 Å². The highest BCUT2D eigenvalue weighted by Crippen LogP contribution is 2.15. The smallest absolute Gasteiger partial charge is 0.117 e. The normalized spacial score (nSPS) is 15.8. The SMILES string of the molecule is CCCC(Cl)C(O)C(=NO)c1ccccc1. The van der Waals surface area contributed by atoms with Crippen molar-refractivity contribution in [2.75, 3.05) is 0 Å². The van der Waals surface area contributed by atoms with Gasteiger partial charge in [0, 0.05) is 5.56 Å². The monoisotopic (exact) mass is 241 g/mol. The number of aliphatic hydroxyl groups excluding tert-OH is 1. The quantitative estimate of drug-likeness (QED) is 0.360. The maximum Gasteiger partial charge on any atom is 0.117 e. The number of alkyl halides is 1. The molecule has 88 valence electrons. The van der Waals surface area contributed by atoms with Crippen molar-refractivity contribution in [2.45, 2.75) is 31.2 Å². The maximum atomic E-state index is 9.94. The lowest BCUT2D eigenvalue weighted by molar-refractivity contribution is 0.221. The molecule has 0 saturated heterocycles. The van der Waals surface area contributed by atoms with Gasteiger partial charge in [-0.15, -0.1) is 11.6 Å². The van der Waals surface area contributed by atoms with E-state index in [2.05, 4.69) is 5.16 Å². The molecule has 0 spiro atoms. The Kier molecular flexibility index (Phi) is 5.29. The Balaban J connectivity index is 2.84. The number of rotatable bonds is 5. The molecule has 3 nitrogen and oxygen atoms in total. The van der Waals surface area contributed by atoms with Crippen LogP contribution in [0, 0.1) is 0 Å². The molecule has 0 aliphatic heterocycles. The molecule has 2 N–H and O–H groups in total. The molecule has 0 amide bonds. The van der Waals surface area contributed by atoms with E-state index in [-0.39, 0.29) is 5.71 Å². The molecule has 1 aromatic carbocycles. The van der Waals surface area contributed by atoms with Gasteiger partial charge in [-0.25, -0.2) is 0 Å². The molecule has 1 aromatic rings. The van der Waals surface area contributed by atoms with Gasteiger partial charge in [0.1, 0.15) is 11.8 Å². The second-order valence-electron chi connectivity index (χ2n) is 3.60. The Morgan fingerprint density at radius 1 is 1.38 bits per heavy atom. The van der Waals surface area contributed by atoms with E-state index in [1.807, 2.05) is 25.1 Å². The van der Waals surface area contributed by atoms with E-state index in [1.54, 1.807) is 12.1 Å². The Bertz CT molecular complexity index is 340. The van der Waals surface area contributed by atoms with Gasteiger partial charge in [-0.05, 0) is 6.42 Å². The first-order valence-electron chi connectivity index (χ1n) is 5.30. The van der Waals surface area contributed by atoms with Gasteiger partial charge in [0.05, 0.1) is 5.38 Å². The first-order valence-corrected chi connectivity index (χ1v) is 5.73. The van der Waals surface area contributed by atoms with Crippen LogP contribution in [-0.4, -0.2) is 27.5 Å². The van der Waals surface area contributed by atoms with E-state index in [0.717, 1.165) is 6.42 Å². The number of aliphatic hydroxyl groups is 1. The van der Waals surface area contributed by atoms with Crippen LogP contribution in [-0.2, 0) is 0 Å². The lowest BCUT2D eigenvalue weighted by atomic mass is 10.0. The molecule has 0 saturated carbocycles. The molecule has 0 aliphatic rings. The average molecular weight is 242 g/mol. The summed E-state index contributed by atoms with van der Waals surface area (Å²) in [6, 6.07) is 9.03. The molecule has 16 heavy (non-hydrogen) atoms. The van der Waals surface area contributed by atoms with Crippen LogP contribution in [0.15, 0.2) is 35.5 Å². The number of benzene rings is 1. The first kappa shape index (κ1) is 13.0. The standard InChI is InChI=1S/C12H16ClNO2/c1-2-6-10(13)12(15)11(14-16)9-7-4-3-5-8-9/h3-5,7-8,10,12,15-16H,2,6H2,1H3. The second kappa shape index (κ2) is 6.51. The number of halogens is 1. The van der Waals surface area contributed by atoms with Crippen LogP contribution in [0.25, 0.3) is 0 Å². The van der Waals surface area contributed by atoms with Gasteiger partial charge >= 0.3 is 0 Å². The minimum absolute atomic E-state index is 0.217. The highest BCUT2D eigenvalue weighted by Gasteiger charge is 2.23. The Labute approximate surface area is 100 Å². The van der Waals surface area contributed by atoms with Gasteiger partial charge in [0.25, 0.3) is 0 Å². The van der Waals surface area contributed by atoms with Crippen molar-refractivity contribution in [3.8, 4) is 0 Å². The zero-order chi connectivity index (χ0) is 12.0. The predicted octanol–water partition coefficient (Wildman–Crippen LogP) is 2.63. The van der Waals surface area contributed by atoms with Gasteiger partial charge in [-0.3, -0.25) is 0 Å². The van der Waals surface area contributed by atoms with Crippen molar-refractivity contribution in [1.82, 2.24) is 0 Å². The van der Waals surface area contributed by atoms with Crippen molar-refractivity contribution in [3.63, 3.8) is 0 Å². The highest BCUT2D eigenvalue weighted by atomic mass is 35.5. The van der Waals surface area contributed by atoms with Crippen LogP contribution in [0.3, 0.4) is 0 Å². The van der Waals surface area contributed by atoms with Gasteiger partial charge < -0.3 is 10.3 Å². The largest absolute Gasteiger partial charge is 0.411 e. The minimum atomic E-state index is -0.950. The molecular weight excluding hydrogens is 226 g/mol. The number of oxime groups is 1. The molecule has 0 fully saturated rings. The highest BCUT2D eigenvalue weighted by molar-refractivity contribution is 6.23. The summed E-state index contributed by atoms with van der Waals surface area (Å²) in [5, 5.41) is 21.6. The van der Waals surface area contributed by atoms with E-state index in [0.29, 0.717) is 12.0 Å². The summed E-state index contributed by atoms with van der Waals surface area (Å²) in [4.78, 5) is 0. The lowest BCUT2D eigenvalue weighted by Gasteiger charge is -2.17. The summed E-state index contributed by atoms with van der Waals surface area (Å²) in [6.45, 7) is 1.99. The lowest BCUT2D eigenvalue weighted by Crippen LogP contribution is -2.31. The fourth-order valence-electron chi connectivity index (χ4n) is 1.50. The Hall–Kier alpha value is -1.06. The summed E-state index contributed by atoms with van der Waals surface area (Å²) in [6.07, 6.45) is 0.599. The third-order valence-corrected chi connectivity index (χ3v) is 2.82. The molecule has 4 heteroatoms. The van der Waals surface area contributed by atoms with Crippen LogP contribution >= 0.6 is 11.6 Å². The van der Waals surface area contributed by atoms with Crippen LogP contribution < -0.4 is 0 Å². The Morgan fingerprint density at radius 2 is 2.00 bits per heavy atom. The molecule has 2 atom stereocenters. The minimum Gasteiger partial charge on any atom is -0.411 e. The topological polar surface area (TPSA) is 52.8 Å². The first-order chi connectivity index (χ1) is 7.70. The van der Waals surface area contributed by atoms with E-state index >= 15 is 0 Å². The Morgan fingerprint density at radius 3 is 2.50 bits per heavy atom. The van der Waals surface area contributed by atoms with Crippen molar-refractivity contribution in [3.05, 3.63) is 35.9 Å². The number of hydrogen-bond donors (Lipinski definition) is 2. The average Bonchev–Trinajstić information content (AvgIpc) is 2.31. The van der Waals surface area contributed by atoms with Gasteiger partial charge in [-0.2, -0.15) is 0 Å². The number of hydrogen-bond acceptors (Lipinski definition) is 3. The van der Waals surface area contributed by atoms with E-state index < -0.39 is 11.5 Å². The fourth-order valence-corrected chi connectivity index (χ4v) is 1.84. The van der Waals surface area contributed by atoms with Crippen molar-refractivity contribution >= 4 is 17.3 Å². The fraction of sp³-hybridized carbons (Fsp3) is 0.417. The summed E-state index contributed by atoms with van der Waals surface area (Å²) in [5.41, 5.74) is 0.897. The maximum absolute atomic E-state index is 9.94. The van der Waals surface area contributed by atoms with Gasteiger partial charge in [0.15, 0.2) is 0 Å². The van der Waals surface area contributed by atoms with Crippen LogP contribution in [0.4, 0.5) is 0 Å². The van der Waals surface area contributed by atoms with E-state index in [1.165, 1.54) is 0 Å². The predicted molar refractivity (Wildman–Crippen MR) is 65.3 cm³/mol. The molecule has 1 rings (SSSR count). The summed E-state index contributed by atoms with van der Waals surface area (Å²) < 4.78 is 0. The summed E-state index contributed by atoms with van der Waals surface area (Å²) >= 11 is 6.01. The third kappa shape index (κ3) is 3.22. The molecule has 0 radical (unpaired) electrons. The molecule has 0 bridgehead atoms. The zero-order valence-corrected chi connectivity index (χ0v) is 9.93. The van der Waals surface area contributed by atoms with Crippen LogP contribution in [0.5, 0.6) is 0 Å². The summed E-state index contributed by atoms with van der Waals surface area (Å²) in [5.74, 6) is 0. The third-order valence-electron chi connectivity index (χ3n) is 2.36. The molecular formula is C12H16ClNO2. The van der Waals surface area contributed by atoms with E-state index in [9.17, 15) is 5.11 Å². The summed E-state index contributed by atoms with van der Waals surface area (Å²) in [7, 11) is 0. The number of nitrogens with zero attached hydrogens (tertiary/aromatic N) is 1. The molecule has 2 unspecified atom stereocenters. The van der Waals surface area contributed by atoms with Crippen molar-refractivity contribution in [2.24, 2.45) is 5.16 Å². The molecule has 0 heterocycles. The zero-order valence-electron chi connectivity index (χ0n) is 9.18. The second-order valence-corrected chi connectivity index (χ2v) is 4.16. The van der Waals surface area contributed by atoms with Crippen LogP contribution in [0.2, 0.25) is 0 Å². The molecule has 0 aromatic heterocycles. The van der Waals surface area contributed by atoms with Crippen molar-refractivity contribution in [1.29, 1.82) is 0 Å². The van der Waals surface area contributed by atoms with Crippen LogP contribution in [0.1, 0.15) is 25.3 Å². The molecule has 0 aliphatic carbocycles. The van der Waals surface area contributed by atoms with Gasteiger partial charge in [0.2, 0.25) is 0 Å². The van der Waals surface area contributed by atoms with Crippen molar-refractivity contribution < 1.29 is 10.3 Å². The van der Waals surface area contributed by atoms with E-state index in [4.69, 9.17) is 16.8 Å².